The Morgan fingerprint density at radius 1 is 1.06 bits per heavy atom. The summed E-state index contributed by atoms with van der Waals surface area (Å²) in [6.07, 6.45) is 4.48. The van der Waals surface area contributed by atoms with Crippen molar-refractivity contribution in [1.82, 2.24) is 15.3 Å². The highest BCUT2D eigenvalue weighted by molar-refractivity contribution is 5.29. The lowest BCUT2D eigenvalue weighted by atomic mass is 10.0. The average molecular weight is 241 g/mol. The van der Waals surface area contributed by atoms with Gasteiger partial charge in [-0.05, 0) is 38.9 Å². The zero-order chi connectivity index (χ0) is 13.0. The fourth-order valence-corrected chi connectivity index (χ4v) is 2.24. The summed E-state index contributed by atoms with van der Waals surface area (Å²) in [5.74, 6) is 0.846. The summed E-state index contributed by atoms with van der Waals surface area (Å²) < 4.78 is 0. The fourth-order valence-electron chi connectivity index (χ4n) is 2.24. The van der Waals surface area contributed by atoms with E-state index in [1.807, 2.05) is 13.1 Å². The van der Waals surface area contributed by atoms with E-state index in [2.05, 4.69) is 47.3 Å². The number of rotatable bonds is 4. The molecule has 94 valence electrons. The molecule has 0 radical (unpaired) electrons. The molecule has 3 heteroatoms. The molecule has 1 aromatic heterocycles. The molecule has 0 saturated carbocycles. The topological polar surface area (TPSA) is 37.8 Å². The molecule has 18 heavy (non-hydrogen) atoms. The van der Waals surface area contributed by atoms with Crippen molar-refractivity contribution in [3.63, 3.8) is 0 Å². The van der Waals surface area contributed by atoms with Crippen molar-refractivity contribution in [2.24, 2.45) is 0 Å². The normalized spacial score (nSPS) is 12.4. The SMILES string of the molecule is CNC(Cc1cc(C)cc(C)c1)c1ncccn1. The van der Waals surface area contributed by atoms with Crippen LogP contribution < -0.4 is 5.32 Å². The van der Waals surface area contributed by atoms with Crippen molar-refractivity contribution in [1.29, 1.82) is 0 Å². The van der Waals surface area contributed by atoms with Crippen molar-refractivity contribution in [3.05, 3.63) is 59.2 Å². The number of hydrogen-bond donors (Lipinski definition) is 1. The van der Waals surface area contributed by atoms with Crippen molar-refractivity contribution < 1.29 is 0 Å². The van der Waals surface area contributed by atoms with Gasteiger partial charge in [0.05, 0.1) is 6.04 Å². The summed E-state index contributed by atoms with van der Waals surface area (Å²) in [5, 5.41) is 3.28. The maximum absolute atomic E-state index is 4.32. The molecule has 2 rings (SSSR count). The fraction of sp³-hybridized carbons (Fsp3) is 0.333. The van der Waals surface area contributed by atoms with Gasteiger partial charge in [0.1, 0.15) is 5.82 Å². The number of aromatic nitrogens is 2. The second-order valence-corrected chi connectivity index (χ2v) is 4.65. The number of aryl methyl sites for hydroxylation is 2. The maximum atomic E-state index is 4.32. The molecule has 1 aromatic carbocycles. The van der Waals surface area contributed by atoms with Gasteiger partial charge in [-0.2, -0.15) is 0 Å². The van der Waals surface area contributed by atoms with E-state index in [4.69, 9.17) is 0 Å². The average Bonchev–Trinajstić information content (AvgIpc) is 2.36. The Kier molecular flexibility index (Phi) is 4.05. The molecule has 0 aliphatic heterocycles. The summed E-state index contributed by atoms with van der Waals surface area (Å²) in [4.78, 5) is 8.63. The first-order valence-electron chi connectivity index (χ1n) is 6.20. The molecule has 0 bridgehead atoms. The van der Waals surface area contributed by atoms with Gasteiger partial charge in [0, 0.05) is 12.4 Å². The molecule has 0 spiro atoms. The van der Waals surface area contributed by atoms with Crippen LogP contribution in [0.2, 0.25) is 0 Å². The number of nitrogens with one attached hydrogen (secondary N) is 1. The number of hydrogen-bond acceptors (Lipinski definition) is 3. The van der Waals surface area contributed by atoms with Gasteiger partial charge in [0.25, 0.3) is 0 Å². The van der Waals surface area contributed by atoms with Crippen LogP contribution in [-0.4, -0.2) is 17.0 Å². The Balaban J connectivity index is 2.20. The van der Waals surface area contributed by atoms with E-state index in [9.17, 15) is 0 Å². The van der Waals surface area contributed by atoms with Gasteiger partial charge in [-0.3, -0.25) is 0 Å². The van der Waals surface area contributed by atoms with Gasteiger partial charge in [-0.25, -0.2) is 9.97 Å². The Bertz CT molecular complexity index is 488. The molecule has 0 aliphatic rings. The molecule has 1 atom stereocenters. The minimum atomic E-state index is 0.160. The first-order chi connectivity index (χ1) is 8.69. The second-order valence-electron chi connectivity index (χ2n) is 4.65. The Morgan fingerprint density at radius 3 is 2.22 bits per heavy atom. The molecule has 3 nitrogen and oxygen atoms in total. The summed E-state index contributed by atoms with van der Waals surface area (Å²) in [6, 6.07) is 8.64. The minimum Gasteiger partial charge on any atom is -0.310 e. The molecule has 0 amide bonds. The third-order valence-corrected chi connectivity index (χ3v) is 2.97. The molecular formula is C15H19N3. The molecule has 0 aliphatic carbocycles. The van der Waals surface area contributed by atoms with Crippen molar-refractivity contribution in [3.8, 4) is 0 Å². The van der Waals surface area contributed by atoms with E-state index in [1.54, 1.807) is 12.4 Å². The van der Waals surface area contributed by atoms with E-state index in [0.717, 1.165) is 12.2 Å². The molecule has 0 saturated heterocycles. The van der Waals surface area contributed by atoms with Crippen LogP contribution in [0.3, 0.4) is 0 Å². The Labute approximate surface area is 108 Å². The lowest BCUT2D eigenvalue weighted by Gasteiger charge is -2.15. The van der Waals surface area contributed by atoms with Gasteiger partial charge >= 0.3 is 0 Å². The number of nitrogens with zero attached hydrogens (tertiary/aromatic N) is 2. The second kappa shape index (κ2) is 5.74. The summed E-state index contributed by atoms with van der Waals surface area (Å²) in [6.45, 7) is 4.26. The predicted molar refractivity (Wildman–Crippen MR) is 73.5 cm³/mol. The van der Waals surface area contributed by atoms with Gasteiger partial charge in [-0.1, -0.05) is 29.3 Å². The summed E-state index contributed by atoms with van der Waals surface area (Å²) in [5.41, 5.74) is 3.92. The van der Waals surface area contributed by atoms with Crippen LogP contribution in [0.15, 0.2) is 36.7 Å². The van der Waals surface area contributed by atoms with Gasteiger partial charge in [0.2, 0.25) is 0 Å². The first-order valence-corrected chi connectivity index (χ1v) is 6.20. The minimum absolute atomic E-state index is 0.160. The largest absolute Gasteiger partial charge is 0.310 e. The van der Waals surface area contributed by atoms with Gasteiger partial charge in [0.15, 0.2) is 0 Å². The number of likely N-dealkylation sites (N-methyl/N-ethyl adjacent to an activating group) is 1. The quantitative estimate of drug-likeness (QED) is 0.894. The molecule has 0 fully saturated rings. The monoisotopic (exact) mass is 241 g/mol. The Morgan fingerprint density at radius 2 is 1.67 bits per heavy atom. The third kappa shape index (κ3) is 3.14. The lowest BCUT2D eigenvalue weighted by molar-refractivity contribution is 0.557. The maximum Gasteiger partial charge on any atom is 0.145 e. The predicted octanol–water partition coefficient (Wildman–Crippen LogP) is 2.60. The van der Waals surface area contributed by atoms with E-state index in [-0.39, 0.29) is 6.04 Å². The van der Waals surface area contributed by atoms with Crippen LogP contribution >= 0.6 is 0 Å². The highest BCUT2D eigenvalue weighted by atomic mass is 15.0. The van der Waals surface area contributed by atoms with Crippen molar-refractivity contribution in [2.45, 2.75) is 26.3 Å². The molecule has 1 heterocycles. The first kappa shape index (κ1) is 12.7. The summed E-state index contributed by atoms with van der Waals surface area (Å²) >= 11 is 0. The Hall–Kier alpha value is -1.74. The van der Waals surface area contributed by atoms with Crippen LogP contribution in [0.4, 0.5) is 0 Å². The van der Waals surface area contributed by atoms with Crippen LogP contribution in [-0.2, 0) is 6.42 Å². The number of benzene rings is 1. The van der Waals surface area contributed by atoms with Crippen LogP contribution in [0.5, 0.6) is 0 Å². The van der Waals surface area contributed by atoms with Crippen LogP contribution in [0.25, 0.3) is 0 Å². The molecular weight excluding hydrogens is 222 g/mol. The summed E-state index contributed by atoms with van der Waals surface area (Å²) in [7, 11) is 1.95. The molecule has 2 aromatic rings. The third-order valence-electron chi connectivity index (χ3n) is 2.97. The van der Waals surface area contributed by atoms with Crippen molar-refractivity contribution in [2.75, 3.05) is 7.05 Å². The van der Waals surface area contributed by atoms with Gasteiger partial charge < -0.3 is 5.32 Å². The van der Waals surface area contributed by atoms with Gasteiger partial charge in [-0.15, -0.1) is 0 Å². The zero-order valence-corrected chi connectivity index (χ0v) is 11.1. The molecule has 1 unspecified atom stereocenters. The lowest BCUT2D eigenvalue weighted by Crippen LogP contribution is -2.21. The van der Waals surface area contributed by atoms with Crippen molar-refractivity contribution >= 4 is 0 Å². The van der Waals surface area contributed by atoms with Crippen LogP contribution in [0.1, 0.15) is 28.6 Å². The van der Waals surface area contributed by atoms with E-state index in [1.165, 1.54) is 16.7 Å². The smallest absolute Gasteiger partial charge is 0.145 e. The zero-order valence-electron chi connectivity index (χ0n) is 11.1. The molecule has 1 N–H and O–H groups in total. The van der Waals surface area contributed by atoms with E-state index in [0.29, 0.717) is 0 Å². The highest BCUT2D eigenvalue weighted by Gasteiger charge is 2.12. The van der Waals surface area contributed by atoms with E-state index < -0.39 is 0 Å². The highest BCUT2D eigenvalue weighted by Crippen LogP contribution is 2.17. The van der Waals surface area contributed by atoms with E-state index >= 15 is 0 Å². The standard InChI is InChI=1S/C15H19N3/c1-11-7-12(2)9-13(8-11)10-14(16-3)15-17-5-4-6-18-15/h4-9,14,16H,10H2,1-3H3. The van der Waals surface area contributed by atoms with Crippen LogP contribution in [0, 0.1) is 13.8 Å².